The van der Waals surface area contributed by atoms with Crippen molar-refractivity contribution < 1.29 is 18.2 Å². The summed E-state index contributed by atoms with van der Waals surface area (Å²) in [5.41, 5.74) is 7.95. The highest BCUT2D eigenvalue weighted by molar-refractivity contribution is 5.93. The van der Waals surface area contributed by atoms with Crippen LogP contribution in [0.3, 0.4) is 0 Å². The third-order valence-corrected chi connectivity index (χ3v) is 4.18. The maximum absolute atomic E-state index is 13.0. The Morgan fingerprint density at radius 3 is 2.65 bits per heavy atom. The second-order valence-corrected chi connectivity index (χ2v) is 6.14. The highest BCUT2D eigenvalue weighted by atomic mass is 19.1. The van der Waals surface area contributed by atoms with E-state index in [-0.39, 0.29) is 17.6 Å². The van der Waals surface area contributed by atoms with E-state index in [0.717, 1.165) is 31.2 Å². The van der Waals surface area contributed by atoms with Crippen molar-refractivity contribution in [2.45, 2.75) is 38.1 Å². The Hall–Kier alpha value is -2.80. The van der Waals surface area contributed by atoms with E-state index in [1.807, 2.05) is 0 Å². The highest BCUT2D eigenvalue weighted by Gasteiger charge is 2.14. The second-order valence-electron chi connectivity index (χ2n) is 6.14. The Kier molecular flexibility index (Phi) is 5.91. The van der Waals surface area contributed by atoms with Gasteiger partial charge in [-0.2, -0.15) is 0 Å². The fourth-order valence-electron chi connectivity index (χ4n) is 2.67. The summed E-state index contributed by atoms with van der Waals surface area (Å²) in [6, 6.07) is 9.14. The molecule has 7 heteroatoms. The Balaban J connectivity index is 1.42. The molecule has 0 amide bonds. The van der Waals surface area contributed by atoms with E-state index in [2.05, 4.69) is 14.8 Å². The van der Waals surface area contributed by atoms with Crippen LogP contribution in [0.25, 0.3) is 11.3 Å². The number of nitrogens with zero attached hydrogens (tertiary/aromatic N) is 2. The molecule has 3 rings (SSSR count). The van der Waals surface area contributed by atoms with Gasteiger partial charge in [0.25, 0.3) is 0 Å². The minimum absolute atomic E-state index is 0.0107. The van der Waals surface area contributed by atoms with Crippen LogP contribution < -0.4 is 5.73 Å². The van der Waals surface area contributed by atoms with Crippen molar-refractivity contribution in [1.29, 1.82) is 0 Å². The van der Waals surface area contributed by atoms with Crippen LogP contribution in [0.2, 0.25) is 0 Å². The van der Waals surface area contributed by atoms with Crippen LogP contribution in [0.1, 0.15) is 54.3 Å². The van der Waals surface area contributed by atoms with Crippen LogP contribution in [0.5, 0.6) is 0 Å². The molecule has 0 aliphatic heterocycles. The third-order valence-electron chi connectivity index (χ3n) is 4.18. The summed E-state index contributed by atoms with van der Waals surface area (Å²) in [5, 5.41) is 7.64. The molecule has 2 aromatic heterocycles. The molecule has 0 saturated carbocycles. The lowest BCUT2D eigenvalue weighted by molar-refractivity contribution is 0.0970. The summed E-state index contributed by atoms with van der Waals surface area (Å²) in [6.45, 7) is 0. The summed E-state index contributed by atoms with van der Waals surface area (Å²) in [4.78, 5) is 11.8. The second kappa shape index (κ2) is 8.53. The normalized spacial score (nSPS) is 12.2. The minimum Gasteiger partial charge on any atom is -0.364 e. The zero-order chi connectivity index (χ0) is 18.4. The first-order chi connectivity index (χ1) is 12.6. The van der Waals surface area contributed by atoms with Crippen LogP contribution in [-0.4, -0.2) is 16.1 Å². The number of hydrogen-bond donors (Lipinski definition) is 1. The van der Waals surface area contributed by atoms with Gasteiger partial charge in [0.15, 0.2) is 11.5 Å². The lowest BCUT2D eigenvalue weighted by Crippen LogP contribution is -2.10. The molecule has 1 aromatic carbocycles. The largest absolute Gasteiger partial charge is 0.364 e. The maximum atomic E-state index is 13.0. The predicted molar refractivity (Wildman–Crippen MR) is 92.7 cm³/mol. The van der Waals surface area contributed by atoms with E-state index < -0.39 is 0 Å². The van der Waals surface area contributed by atoms with Crippen LogP contribution in [0.15, 0.2) is 51.7 Å². The van der Waals surface area contributed by atoms with Gasteiger partial charge in [-0.05, 0) is 37.1 Å². The summed E-state index contributed by atoms with van der Waals surface area (Å²) < 4.78 is 22.9. The zero-order valence-corrected chi connectivity index (χ0v) is 14.2. The average Bonchev–Trinajstić information content (AvgIpc) is 3.34. The van der Waals surface area contributed by atoms with Crippen molar-refractivity contribution >= 4 is 5.78 Å². The standard InChI is InChI=1S/C19H20FN3O3/c20-14-8-6-13(7-9-14)19-12-17(23-26-19)15(21)4-2-1-3-5-18(24)16-10-11-25-22-16/h6-12,15H,1-5,21H2/t15-/m0/s1. The van der Waals surface area contributed by atoms with Crippen molar-refractivity contribution in [1.82, 2.24) is 10.3 Å². The zero-order valence-electron chi connectivity index (χ0n) is 14.2. The van der Waals surface area contributed by atoms with Gasteiger partial charge in [0, 0.05) is 24.1 Å². The molecule has 0 spiro atoms. The van der Waals surface area contributed by atoms with E-state index in [1.54, 1.807) is 24.3 Å². The summed E-state index contributed by atoms with van der Waals surface area (Å²) in [7, 11) is 0. The van der Waals surface area contributed by atoms with Crippen LogP contribution in [0, 0.1) is 5.82 Å². The van der Waals surface area contributed by atoms with Gasteiger partial charge in [-0.15, -0.1) is 0 Å². The highest BCUT2D eigenvalue weighted by Crippen LogP contribution is 2.24. The van der Waals surface area contributed by atoms with Crippen molar-refractivity contribution in [2.24, 2.45) is 5.73 Å². The number of carbonyl (C=O) groups is 1. The number of halogens is 1. The van der Waals surface area contributed by atoms with E-state index >= 15 is 0 Å². The molecule has 26 heavy (non-hydrogen) atoms. The molecule has 0 fully saturated rings. The molecule has 0 saturated heterocycles. The SMILES string of the molecule is N[C@@H](CCCCCC(=O)c1ccon1)c1cc(-c2ccc(F)cc2)on1. The number of nitrogens with two attached hydrogens (primary N) is 1. The first-order valence-electron chi connectivity index (χ1n) is 8.55. The Labute approximate surface area is 150 Å². The van der Waals surface area contributed by atoms with Crippen molar-refractivity contribution in [3.05, 3.63) is 59.9 Å². The third kappa shape index (κ3) is 4.64. The van der Waals surface area contributed by atoms with Crippen LogP contribution in [-0.2, 0) is 0 Å². The molecular weight excluding hydrogens is 337 g/mol. The van der Waals surface area contributed by atoms with Crippen LogP contribution in [0.4, 0.5) is 4.39 Å². The molecule has 3 aromatic rings. The van der Waals surface area contributed by atoms with Crippen molar-refractivity contribution in [3.8, 4) is 11.3 Å². The summed E-state index contributed by atoms with van der Waals surface area (Å²) in [6.07, 6.45) is 5.13. The fraction of sp³-hybridized carbons (Fsp3) is 0.316. The molecule has 136 valence electrons. The Morgan fingerprint density at radius 1 is 1.12 bits per heavy atom. The smallest absolute Gasteiger partial charge is 0.184 e. The fourth-order valence-corrected chi connectivity index (χ4v) is 2.67. The van der Waals surface area contributed by atoms with Gasteiger partial charge in [0.05, 0.1) is 6.04 Å². The Bertz CT molecular complexity index is 828. The van der Waals surface area contributed by atoms with Gasteiger partial charge in [0.1, 0.15) is 23.5 Å². The van der Waals surface area contributed by atoms with Gasteiger partial charge in [-0.3, -0.25) is 4.79 Å². The molecule has 0 unspecified atom stereocenters. The maximum Gasteiger partial charge on any atom is 0.184 e. The van der Waals surface area contributed by atoms with Crippen molar-refractivity contribution in [2.75, 3.05) is 0 Å². The Morgan fingerprint density at radius 2 is 1.92 bits per heavy atom. The number of Topliss-reactive ketones (excluding diaryl/α,β-unsaturated/α-hetero) is 1. The molecule has 0 bridgehead atoms. The first kappa shape index (κ1) is 18.0. The molecule has 0 aliphatic carbocycles. The monoisotopic (exact) mass is 357 g/mol. The number of carbonyl (C=O) groups excluding carboxylic acids is 1. The number of ketones is 1. The first-order valence-corrected chi connectivity index (χ1v) is 8.55. The average molecular weight is 357 g/mol. The molecule has 6 nitrogen and oxygen atoms in total. The van der Waals surface area contributed by atoms with Gasteiger partial charge in [-0.1, -0.05) is 23.2 Å². The van der Waals surface area contributed by atoms with E-state index in [1.165, 1.54) is 18.4 Å². The molecule has 1 atom stereocenters. The molecule has 0 radical (unpaired) electrons. The lowest BCUT2D eigenvalue weighted by Gasteiger charge is -2.07. The van der Waals surface area contributed by atoms with Crippen molar-refractivity contribution in [3.63, 3.8) is 0 Å². The number of benzene rings is 1. The van der Waals surface area contributed by atoms with Gasteiger partial charge in [-0.25, -0.2) is 4.39 Å². The van der Waals surface area contributed by atoms with Gasteiger partial charge in [0.2, 0.25) is 0 Å². The number of aromatic nitrogens is 2. The minimum atomic E-state index is -0.299. The predicted octanol–water partition coefficient (Wildman–Crippen LogP) is 4.30. The van der Waals surface area contributed by atoms with E-state index in [4.69, 9.17) is 10.3 Å². The summed E-state index contributed by atoms with van der Waals surface area (Å²) >= 11 is 0. The van der Waals surface area contributed by atoms with E-state index in [9.17, 15) is 9.18 Å². The molecule has 2 N–H and O–H groups in total. The molecular formula is C19H20FN3O3. The number of unbranched alkanes of at least 4 members (excludes halogenated alkanes) is 2. The van der Waals surface area contributed by atoms with Crippen LogP contribution >= 0.6 is 0 Å². The van der Waals surface area contributed by atoms with Gasteiger partial charge < -0.3 is 14.8 Å². The lowest BCUT2D eigenvalue weighted by atomic mass is 10.0. The van der Waals surface area contributed by atoms with Gasteiger partial charge >= 0.3 is 0 Å². The quantitative estimate of drug-likeness (QED) is 0.453. The number of rotatable bonds is 9. The summed E-state index contributed by atoms with van der Waals surface area (Å²) in [5.74, 6) is 0.254. The molecule has 2 heterocycles. The number of hydrogen-bond acceptors (Lipinski definition) is 6. The topological polar surface area (TPSA) is 95.2 Å². The van der Waals surface area contributed by atoms with E-state index in [0.29, 0.717) is 23.6 Å². The molecule has 0 aliphatic rings.